The van der Waals surface area contributed by atoms with E-state index in [0.29, 0.717) is 12.0 Å². The predicted octanol–water partition coefficient (Wildman–Crippen LogP) is 6.88. The third-order valence-corrected chi connectivity index (χ3v) is 9.64. The van der Waals surface area contributed by atoms with Crippen LogP contribution in [0.15, 0.2) is 108 Å². The van der Waals surface area contributed by atoms with E-state index in [9.17, 15) is 22.4 Å². The van der Waals surface area contributed by atoms with Gasteiger partial charge in [-0.3, -0.25) is 13.9 Å². The maximum absolute atomic E-state index is 14.4. The minimum Gasteiger partial charge on any atom is -0.352 e. The lowest BCUT2D eigenvalue weighted by molar-refractivity contribution is -0.140. The highest BCUT2D eigenvalue weighted by molar-refractivity contribution is 7.92. The maximum atomic E-state index is 14.4. The van der Waals surface area contributed by atoms with Gasteiger partial charge in [-0.05, 0) is 66.9 Å². The van der Waals surface area contributed by atoms with Crippen molar-refractivity contribution >= 4 is 50.7 Å². The van der Waals surface area contributed by atoms with Crippen molar-refractivity contribution in [3.05, 3.63) is 130 Å². The van der Waals surface area contributed by atoms with E-state index >= 15 is 0 Å². The van der Waals surface area contributed by atoms with Crippen molar-refractivity contribution in [1.82, 2.24) is 10.2 Å². The molecule has 0 bridgehead atoms. The number of rotatable bonds is 13. The fourth-order valence-corrected chi connectivity index (χ4v) is 6.71. The van der Waals surface area contributed by atoms with E-state index in [-0.39, 0.29) is 39.6 Å². The number of hydrogen-bond donors (Lipinski definition) is 1. The molecular weight excluding hydrogens is 636 g/mol. The molecule has 0 radical (unpaired) electrons. The molecule has 2 amide bonds. The molecule has 236 valence electrons. The summed E-state index contributed by atoms with van der Waals surface area (Å²) < 4.78 is 42.8. The zero-order chi connectivity index (χ0) is 32.6. The first-order chi connectivity index (χ1) is 21.5. The summed E-state index contributed by atoms with van der Waals surface area (Å²) in [7, 11) is -4.32. The largest absolute Gasteiger partial charge is 0.352 e. The van der Waals surface area contributed by atoms with E-state index in [1.165, 1.54) is 59.5 Å². The van der Waals surface area contributed by atoms with Crippen molar-refractivity contribution in [2.45, 2.75) is 50.2 Å². The minimum atomic E-state index is -4.32. The first-order valence-corrected chi connectivity index (χ1v) is 16.6. The Labute approximate surface area is 273 Å². The quantitative estimate of drug-likeness (QED) is 0.168. The van der Waals surface area contributed by atoms with Gasteiger partial charge in [-0.1, -0.05) is 90.8 Å². The van der Waals surface area contributed by atoms with Gasteiger partial charge in [-0.25, -0.2) is 12.8 Å². The van der Waals surface area contributed by atoms with Gasteiger partial charge in [0.05, 0.1) is 15.6 Å². The standard InChI is InChI=1S/C34H34Cl2FN3O4S/c1-3-24(2)38-34(42)32(20-25-10-6-4-7-11-25)39(22-26-14-17-28(37)18-15-26)33(41)23-40(31-19-16-27(35)21-30(31)36)45(43,44)29-12-8-5-9-13-29/h4-19,21,24,32H,3,20,22-23H2,1-2H3,(H,38,42)/t24-,32+/m0/s1. The molecule has 0 unspecified atom stereocenters. The van der Waals surface area contributed by atoms with Gasteiger partial charge in [0, 0.05) is 24.0 Å². The Morgan fingerprint density at radius 1 is 0.867 bits per heavy atom. The normalized spacial score (nSPS) is 12.6. The zero-order valence-electron chi connectivity index (χ0n) is 24.9. The molecule has 0 aromatic heterocycles. The van der Waals surface area contributed by atoms with Crippen LogP contribution in [0.1, 0.15) is 31.4 Å². The average Bonchev–Trinajstić information content (AvgIpc) is 3.03. The molecule has 0 aliphatic rings. The lowest BCUT2D eigenvalue weighted by Gasteiger charge is -2.34. The molecule has 4 rings (SSSR count). The molecule has 0 spiro atoms. The fraction of sp³-hybridized carbons (Fsp3) is 0.235. The van der Waals surface area contributed by atoms with Gasteiger partial charge in [0.25, 0.3) is 10.0 Å². The topological polar surface area (TPSA) is 86.8 Å². The number of nitrogens with one attached hydrogen (secondary N) is 1. The highest BCUT2D eigenvalue weighted by atomic mass is 35.5. The van der Waals surface area contributed by atoms with Crippen LogP contribution in [-0.4, -0.2) is 43.8 Å². The summed E-state index contributed by atoms with van der Waals surface area (Å²) in [5.74, 6) is -1.51. The molecule has 0 saturated carbocycles. The Balaban J connectivity index is 1.82. The molecular formula is C34H34Cl2FN3O4S. The van der Waals surface area contributed by atoms with Crippen LogP contribution < -0.4 is 9.62 Å². The van der Waals surface area contributed by atoms with Crippen molar-refractivity contribution in [3.63, 3.8) is 0 Å². The van der Waals surface area contributed by atoms with Crippen LogP contribution in [0.3, 0.4) is 0 Å². The second-order valence-corrected chi connectivity index (χ2v) is 13.3. The summed E-state index contributed by atoms with van der Waals surface area (Å²) in [6.07, 6.45) is 0.817. The van der Waals surface area contributed by atoms with Gasteiger partial charge < -0.3 is 10.2 Å². The minimum absolute atomic E-state index is 0.0234. The Bertz CT molecular complexity index is 1710. The van der Waals surface area contributed by atoms with E-state index in [0.717, 1.165) is 9.87 Å². The van der Waals surface area contributed by atoms with Gasteiger partial charge in [0.1, 0.15) is 18.4 Å². The Morgan fingerprint density at radius 3 is 2.09 bits per heavy atom. The van der Waals surface area contributed by atoms with Gasteiger partial charge in [0.15, 0.2) is 0 Å². The van der Waals surface area contributed by atoms with Crippen molar-refractivity contribution < 1.29 is 22.4 Å². The fourth-order valence-electron chi connectivity index (χ4n) is 4.70. The van der Waals surface area contributed by atoms with Gasteiger partial charge >= 0.3 is 0 Å². The molecule has 7 nitrogen and oxygen atoms in total. The summed E-state index contributed by atoms with van der Waals surface area (Å²) in [5, 5.41) is 3.29. The van der Waals surface area contributed by atoms with Crippen LogP contribution in [0.4, 0.5) is 10.1 Å². The van der Waals surface area contributed by atoms with Crippen LogP contribution in [0.5, 0.6) is 0 Å². The smallest absolute Gasteiger partial charge is 0.264 e. The average molecular weight is 671 g/mol. The van der Waals surface area contributed by atoms with Crippen molar-refractivity contribution in [3.8, 4) is 0 Å². The second-order valence-electron chi connectivity index (χ2n) is 10.6. The van der Waals surface area contributed by atoms with Crippen molar-refractivity contribution in [1.29, 1.82) is 0 Å². The van der Waals surface area contributed by atoms with Crippen molar-refractivity contribution in [2.75, 3.05) is 10.8 Å². The number of carbonyl (C=O) groups is 2. The summed E-state index contributed by atoms with van der Waals surface area (Å²) >= 11 is 12.6. The molecule has 0 saturated heterocycles. The van der Waals surface area contributed by atoms with Gasteiger partial charge in [-0.2, -0.15) is 0 Å². The van der Waals surface area contributed by atoms with Crippen LogP contribution in [0, 0.1) is 5.82 Å². The molecule has 0 aliphatic carbocycles. The van der Waals surface area contributed by atoms with E-state index in [4.69, 9.17) is 23.2 Å². The van der Waals surface area contributed by atoms with Crippen LogP contribution in [-0.2, 0) is 32.6 Å². The number of hydrogen-bond acceptors (Lipinski definition) is 4. The third kappa shape index (κ3) is 8.84. The van der Waals surface area contributed by atoms with Gasteiger partial charge in [-0.15, -0.1) is 0 Å². The number of anilines is 1. The molecule has 4 aromatic rings. The number of halogens is 3. The highest BCUT2D eigenvalue weighted by Crippen LogP contribution is 2.33. The van der Waals surface area contributed by atoms with Crippen LogP contribution in [0.2, 0.25) is 10.0 Å². The number of amides is 2. The van der Waals surface area contributed by atoms with E-state index in [1.54, 1.807) is 18.2 Å². The summed E-state index contributed by atoms with van der Waals surface area (Å²) in [5.41, 5.74) is 1.40. The molecule has 0 fully saturated rings. The molecule has 0 aliphatic heterocycles. The SMILES string of the molecule is CC[C@H](C)NC(=O)[C@@H](Cc1ccccc1)N(Cc1ccc(F)cc1)C(=O)CN(c1ccc(Cl)cc1Cl)S(=O)(=O)c1ccccc1. The summed E-state index contributed by atoms with van der Waals surface area (Å²) in [4.78, 5) is 29.6. The Hall–Kier alpha value is -3.92. The van der Waals surface area contributed by atoms with E-state index < -0.39 is 40.2 Å². The third-order valence-electron chi connectivity index (χ3n) is 7.33. The first kappa shape index (κ1) is 34.0. The number of nitrogens with zero attached hydrogens (tertiary/aromatic N) is 2. The molecule has 2 atom stereocenters. The predicted molar refractivity (Wildman–Crippen MR) is 176 cm³/mol. The zero-order valence-corrected chi connectivity index (χ0v) is 27.2. The molecule has 1 N–H and O–H groups in total. The van der Waals surface area contributed by atoms with Crippen LogP contribution in [0.25, 0.3) is 0 Å². The highest BCUT2D eigenvalue weighted by Gasteiger charge is 2.35. The lowest BCUT2D eigenvalue weighted by Crippen LogP contribution is -2.54. The van der Waals surface area contributed by atoms with E-state index in [2.05, 4.69) is 5.32 Å². The lowest BCUT2D eigenvalue weighted by atomic mass is 10.0. The summed E-state index contributed by atoms with van der Waals surface area (Å²) in [6.45, 7) is 3.03. The number of sulfonamides is 1. The maximum Gasteiger partial charge on any atom is 0.264 e. The molecule has 4 aromatic carbocycles. The molecule has 45 heavy (non-hydrogen) atoms. The Kier molecular flexibility index (Phi) is 11.6. The Morgan fingerprint density at radius 2 is 1.49 bits per heavy atom. The summed E-state index contributed by atoms with van der Waals surface area (Å²) in [6, 6.07) is 25.6. The molecule has 0 heterocycles. The molecule has 11 heteroatoms. The van der Waals surface area contributed by atoms with Crippen LogP contribution >= 0.6 is 23.2 Å². The van der Waals surface area contributed by atoms with Gasteiger partial charge in [0.2, 0.25) is 11.8 Å². The van der Waals surface area contributed by atoms with Crippen molar-refractivity contribution in [2.24, 2.45) is 0 Å². The monoisotopic (exact) mass is 669 g/mol. The van der Waals surface area contributed by atoms with E-state index in [1.807, 2.05) is 44.2 Å². The number of benzene rings is 4. The second kappa shape index (κ2) is 15.4. The number of carbonyl (C=O) groups excluding carboxylic acids is 2. The first-order valence-electron chi connectivity index (χ1n) is 14.4.